The standard InChI is InChI=1S/C18H17ClN2O2/c1-2-15(12-7-9-13(19)10-8-12)20-18(22)11-16-14-5-3-4-6-17(14)23-21-16/h3-10,15H,2,11H2,1H3,(H,20,22). The molecule has 1 amide bonds. The average Bonchev–Trinajstić information content (AvgIpc) is 2.97. The van der Waals surface area contributed by atoms with E-state index in [2.05, 4.69) is 10.5 Å². The van der Waals surface area contributed by atoms with Crippen LogP contribution < -0.4 is 5.32 Å². The molecule has 4 nitrogen and oxygen atoms in total. The van der Waals surface area contributed by atoms with Crippen LogP contribution in [0.25, 0.3) is 11.0 Å². The number of amides is 1. The van der Waals surface area contributed by atoms with Crippen LogP contribution in [0.4, 0.5) is 0 Å². The predicted octanol–water partition coefficient (Wildman–Crippen LogP) is 4.29. The number of halogens is 1. The summed E-state index contributed by atoms with van der Waals surface area (Å²) in [6, 6.07) is 15.0. The number of para-hydroxylation sites is 1. The molecule has 0 radical (unpaired) electrons. The molecule has 23 heavy (non-hydrogen) atoms. The third-order valence-corrected chi connectivity index (χ3v) is 4.05. The number of nitrogens with zero attached hydrogens (tertiary/aromatic N) is 1. The molecule has 0 saturated heterocycles. The number of carbonyl (C=O) groups excluding carboxylic acids is 1. The molecule has 0 saturated carbocycles. The molecule has 0 fully saturated rings. The van der Waals surface area contributed by atoms with Gasteiger partial charge in [-0.1, -0.05) is 47.9 Å². The first-order valence-electron chi connectivity index (χ1n) is 7.55. The van der Waals surface area contributed by atoms with E-state index >= 15 is 0 Å². The average molecular weight is 329 g/mol. The summed E-state index contributed by atoms with van der Waals surface area (Å²) >= 11 is 5.91. The summed E-state index contributed by atoms with van der Waals surface area (Å²) in [5, 5.41) is 8.60. The van der Waals surface area contributed by atoms with Gasteiger partial charge in [0.05, 0.1) is 12.5 Å². The molecule has 1 heterocycles. The van der Waals surface area contributed by atoms with E-state index in [1.807, 2.05) is 55.5 Å². The lowest BCUT2D eigenvalue weighted by atomic mass is 10.0. The number of aromatic nitrogens is 1. The van der Waals surface area contributed by atoms with Gasteiger partial charge in [-0.3, -0.25) is 4.79 Å². The Balaban J connectivity index is 1.71. The molecule has 0 aliphatic heterocycles. The molecular formula is C18H17ClN2O2. The molecule has 3 aromatic rings. The van der Waals surface area contributed by atoms with Crippen molar-refractivity contribution in [2.45, 2.75) is 25.8 Å². The Kier molecular flexibility index (Phi) is 4.63. The van der Waals surface area contributed by atoms with Crippen molar-refractivity contribution in [2.75, 3.05) is 0 Å². The normalized spacial score (nSPS) is 12.3. The second-order valence-corrected chi connectivity index (χ2v) is 5.82. The summed E-state index contributed by atoms with van der Waals surface area (Å²) in [5.74, 6) is -0.0779. The van der Waals surface area contributed by atoms with Crippen LogP contribution in [0.2, 0.25) is 5.02 Å². The largest absolute Gasteiger partial charge is 0.356 e. The van der Waals surface area contributed by atoms with Crippen molar-refractivity contribution in [1.29, 1.82) is 0 Å². The SMILES string of the molecule is CCC(NC(=O)Cc1noc2ccccc12)c1ccc(Cl)cc1. The molecule has 1 N–H and O–H groups in total. The smallest absolute Gasteiger partial charge is 0.226 e. The minimum atomic E-state index is -0.0779. The number of benzene rings is 2. The molecule has 1 aromatic heterocycles. The van der Waals surface area contributed by atoms with Gasteiger partial charge in [0.2, 0.25) is 5.91 Å². The molecule has 1 atom stereocenters. The lowest BCUT2D eigenvalue weighted by molar-refractivity contribution is -0.121. The van der Waals surface area contributed by atoms with Crippen LogP contribution in [0, 0.1) is 0 Å². The molecule has 2 aromatic carbocycles. The molecule has 118 valence electrons. The molecule has 0 spiro atoms. The highest BCUT2D eigenvalue weighted by Crippen LogP contribution is 2.21. The van der Waals surface area contributed by atoms with E-state index in [1.165, 1.54) is 0 Å². The first-order chi connectivity index (χ1) is 11.2. The Hall–Kier alpha value is -2.33. The van der Waals surface area contributed by atoms with Gasteiger partial charge >= 0.3 is 0 Å². The highest BCUT2D eigenvalue weighted by Gasteiger charge is 2.16. The maximum absolute atomic E-state index is 12.3. The van der Waals surface area contributed by atoms with Crippen molar-refractivity contribution in [3.63, 3.8) is 0 Å². The Morgan fingerprint density at radius 3 is 2.70 bits per heavy atom. The quantitative estimate of drug-likeness (QED) is 0.760. The fraction of sp³-hybridized carbons (Fsp3) is 0.222. The topological polar surface area (TPSA) is 55.1 Å². The van der Waals surface area contributed by atoms with E-state index in [1.54, 1.807) is 0 Å². The molecule has 0 aliphatic carbocycles. The van der Waals surface area contributed by atoms with Crippen molar-refractivity contribution < 1.29 is 9.32 Å². The zero-order valence-electron chi connectivity index (χ0n) is 12.8. The van der Waals surface area contributed by atoms with Gasteiger partial charge in [0, 0.05) is 10.4 Å². The van der Waals surface area contributed by atoms with Crippen LogP contribution in [0.15, 0.2) is 53.1 Å². The third kappa shape index (κ3) is 3.54. The van der Waals surface area contributed by atoms with Crippen LogP contribution in [0.1, 0.15) is 30.6 Å². The zero-order valence-corrected chi connectivity index (χ0v) is 13.5. The Labute approximate surface area is 139 Å². The molecule has 1 unspecified atom stereocenters. The monoisotopic (exact) mass is 328 g/mol. The predicted molar refractivity (Wildman–Crippen MR) is 90.3 cm³/mol. The molecular weight excluding hydrogens is 312 g/mol. The summed E-state index contributed by atoms with van der Waals surface area (Å²) < 4.78 is 5.23. The first-order valence-corrected chi connectivity index (χ1v) is 7.93. The summed E-state index contributed by atoms with van der Waals surface area (Å²) in [7, 11) is 0. The van der Waals surface area contributed by atoms with Gasteiger partial charge in [-0.15, -0.1) is 0 Å². The number of hydrogen-bond donors (Lipinski definition) is 1. The second kappa shape index (κ2) is 6.84. The minimum Gasteiger partial charge on any atom is -0.356 e. The van der Waals surface area contributed by atoms with Gasteiger partial charge in [-0.25, -0.2) is 0 Å². The van der Waals surface area contributed by atoms with Crippen molar-refractivity contribution in [3.8, 4) is 0 Å². The van der Waals surface area contributed by atoms with Crippen molar-refractivity contribution in [1.82, 2.24) is 10.5 Å². The van der Waals surface area contributed by atoms with Crippen molar-refractivity contribution in [3.05, 3.63) is 64.8 Å². The third-order valence-electron chi connectivity index (χ3n) is 3.80. The summed E-state index contributed by atoms with van der Waals surface area (Å²) in [6.45, 7) is 2.03. The number of hydrogen-bond acceptors (Lipinski definition) is 3. The molecule has 0 aliphatic rings. The maximum Gasteiger partial charge on any atom is 0.226 e. The Morgan fingerprint density at radius 1 is 1.22 bits per heavy atom. The van der Waals surface area contributed by atoms with Crippen LogP contribution in [0.5, 0.6) is 0 Å². The Bertz CT molecular complexity index is 811. The van der Waals surface area contributed by atoms with E-state index in [4.69, 9.17) is 16.1 Å². The summed E-state index contributed by atoms with van der Waals surface area (Å²) in [4.78, 5) is 12.3. The van der Waals surface area contributed by atoms with E-state index < -0.39 is 0 Å². The highest BCUT2D eigenvalue weighted by molar-refractivity contribution is 6.30. The van der Waals surface area contributed by atoms with Crippen molar-refractivity contribution >= 4 is 28.5 Å². The number of carbonyl (C=O) groups is 1. The number of fused-ring (bicyclic) bond motifs is 1. The van der Waals surface area contributed by atoms with Crippen LogP contribution in [-0.2, 0) is 11.2 Å². The second-order valence-electron chi connectivity index (χ2n) is 5.38. The van der Waals surface area contributed by atoms with Gasteiger partial charge in [0.1, 0.15) is 5.69 Å². The number of rotatable bonds is 5. The zero-order chi connectivity index (χ0) is 16.2. The lowest BCUT2D eigenvalue weighted by Crippen LogP contribution is -2.29. The summed E-state index contributed by atoms with van der Waals surface area (Å²) in [5.41, 5.74) is 2.39. The van der Waals surface area contributed by atoms with Crippen molar-refractivity contribution in [2.24, 2.45) is 0 Å². The fourth-order valence-corrected chi connectivity index (χ4v) is 2.71. The maximum atomic E-state index is 12.3. The van der Waals surface area contributed by atoms with E-state index in [-0.39, 0.29) is 18.4 Å². The summed E-state index contributed by atoms with van der Waals surface area (Å²) in [6.07, 6.45) is 0.994. The van der Waals surface area contributed by atoms with Gasteiger partial charge in [-0.2, -0.15) is 0 Å². The number of nitrogens with one attached hydrogen (secondary N) is 1. The minimum absolute atomic E-state index is 0.0436. The van der Waals surface area contributed by atoms with E-state index in [9.17, 15) is 4.79 Å². The van der Waals surface area contributed by atoms with Crippen LogP contribution in [-0.4, -0.2) is 11.1 Å². The molecule has 3 rings (SSSR count). The van der Waals surface area contributed by atoms with E-state index in [0.29, 0.717) is 16.3 Å². The van der Waals surface area contributed by atoms with E-state index in [0.717, 1.165) is 17.4 Å². The highest BCUT2D eigenvalue weighted by atomic mass is 35.5. The molecule has 0 bridgehead atoms. The Morgan fingerprint density at radius 2 is 1.96 bits per heavy atom. The van der Waals surface area contributed by atoms with Gasteiger partial charge in [0.15, 0.2) is 5.58 Å². The first kappa shape index (κ1) is 15.6. The van der Waals surface area contributed by atoms with Crippen LogP contribution >= 0.6 is 11.6 Å². The lowest BCUT2D eigenvalue weighted by Gasteiger charge is -2.17. The van der Waals surface area contributed by atoms with Gasteiger partial charge in [0.25, 0.3) is 0 Å². The fourth-order valence-electron chi connectivity index (χ4n) is 2.58. The van der Waals surface area contributed by atoms with Gasteiger partial charge < -0.3 is 9.84 Å². The molecule has 5 heteroatoms. The van der Waals surface area contributed by atoms with Crippen LogP contribution in [0.3, 0.4) is 0 Å². The van der Waals surface area contributed by atoms with Gasteiger partial charge in [-0.05, 0) is 36.2 Å².